The monoisotopic (exact) mass is 155 g/mol. The SMILES string of the molecule is C=CCC1COC(C=S)=N1. The van der Waals surface area contributed by atoms with E-state index in [9.17, 15) is 0 Å². The van der Waals surface area contributed by atoms with Crippen molar-refractivity contribution < 1.29 is 4.74 Å². The van der Waals surface area contributed by atoms with E-state index >= 15 is 0 Å². The first-order valence-corrected chi connectivity index (χ1v) is 3.60. The smallest absolute Gasteiger partial charge is 0.220 e. The van der Waals surface area contributed by atoms with Crippen molar-refractivity contribution in [2.45, 2.75) is 12.5 Å². The fourth-order valence-corrected chi connectivity index (χ4v) is 0.943. The third kappa shape index (κ3) is 1.64. The molecule has 0 saturated carbocycles. The van der Waals surface area contributed by atoms with Crippen molar-refractivity contribution in [3.63, 3.8) is 0 Å². The molecule has 54 valence electrons. The highest BCUT2D eigenvalue weighted by Gasteiger charge is 2.14. The molecule has 1 rings (SSSR count). The number of aliphatic imine (C=N–C) groups is 1. The van der Waals surface area contributed by atoms with Gasteiger partial charge in [-0.1, -0.05) is 18.3 Å². The van der Waals surface area contributed by atoms with Gasteiger partial charge in [-0.2, -0.15) is 0 Å². The van der Waals surface area contributed by atoms with Gasteiger partial charge in [-0.3, -0.25) is 0 Å². The van der Waals surface area contributed by atoms with Crippen molar-refractivity contribution in [2.75, 3.05) is 6.61 Å². The van der Waals surface area contributed by atoms with Gasteiger partial charge in [-0.25, -0.2) is 4.99 Å². The van der Waals surface area contributed by atoms with Crippen molar-refractivity contribution >= 4 is 23.5 Å². The molecule has 0 aromatic rings. The Morgan fingerprint density at radius 2 is 2.70 bits per heavy atom. The summed E-state index contributed by atoms with van der Waals surface area (Å²) in [5, 5.41) is 1.46. The van der Waals surface area contributed by atoms with Gasteiger partial charge in [0.25, 0.3) is 0 Å². The van der Waals surface area contributed by atoms with E-state index in [-0.39, 0.29) is 6.04 Å². The Kier molecular flexibility index (Phi) is 2.57. The topological polar surface area (TPSA) is 21.6 Å². The zero-order valence-electron chi connectivity index (χ0n) is 5.62. The Bertz CT molecular complexity index is 176. The number of hydrogen-bond donors (Lipinski definition) is 0. The summed E-state index contributed by atoms with van der Waals surface area (Å²) in [6.45, 7) is 4.26. The van der Waals surface area contributed by atoms with E-state index in [0.29, 0.717) is 12.5 Å². The van der Waals surface area contributed by atoms with Gasteiger partial charge in [0.2, 0.25) is 5.90 Å². The molecule has 0 amide bonds. The number of thiocarbonyl (C=S) groups is 1. The van der Waals surface area contributed by atoms with Crippen LogP contribution >= 0.6 is 12.2 Å². The normalized spacial score (nSPS) is 23.2. The highest BCUT2D eigenvalue weighted by atomic mass is 32.1. The summed E-state index contributed by atoms with van der Waals surface area (Å²) in [5.74, 6) is 0.585. The van der Waals surface area contributed by atoms with Crippen molar-refractivity contribution in [1.29, 1.82) is 0 Å². The first kappa shape index (κ1) is 7.41. The van der Waals surface area contributed by atoms with Gasteiger partial charge in [0.05, 0.1) is 11.4 Å². The summed E-state index contributed by atoms with van der Waals surface area (Å²) in [7, 11) is 0. The van der Waals surface area contributed by atoms with Gasteiger partial charge in [0, 0.05) is 0 Å². The summed E-state index contributed by atoms with van der Waals surface area (Å²) in [4.78, 5) is 4.16. The Labute approximate surface area is 65.6 Å². The minimum absolute atomic E-state index is 0.242. The van der Waals surface area contributed by atoms with E-state index in [2.05, 4.69) is 23.8 Å². The van der Waals surface area contributed by atoms with Crippen LogP contribution in [0.3, 0.4) is 0 Å². The summed E-state index contributed by atoms with van der Waals surface area (Å²) in [5.41, 5.74) is 0. The Balaban J connectivity index is 2.46. The lowest BCUT2D eigenvalue weighted by Crippen LogP contribution is -2.03. The average Bonchev–Trinajstić information content (AvgIpc) is 2.37. The minimum atomic E-state index is 0.242. The first-order chi connectivity index (χ1) is 4.86. The number of hydrogen-bond acceptors (Lipinski definition) is 3. The maximum atomic E-state index is 5.11. The predicted molar refractivity (Wildman–Crippen MR) is 45.6 cm³/mol. The molecule has 10 heavy (non-hydrogen) atoms. The fourth-order valence-electron chi connectivity index (χ4n) is 0.814. The molecule has 1 heterocycles. The van der Waals surface area contributed by atoms with E-state index < -0.39 is 0 Å². The molecule has 0 N–H and O–H groups in total. The number of rotatable bonds is 3. The Morgan fingerprint density at radius 3 is 3.20 bits per heavy atom. The Hall–Kier alpha value is -0.700. The fraction of sp³-hybridized carbons (Fsp3) is 0.429. The molecule has 0 fully saturated rings. The van der Waals surface area contributed by atoms with E-state index in [4.69, 9.17) is 4.74 Å². The lowest BCUT2D eigenvalue weighted by molar-refractivity contribution is 0.322. The van der Waals surface area contributed by atoms with Gasteiger partial charge < -0.3 is 4.74 Å². The number of nitrogens with zero attached hydrogens (tertiary/aromatic N) is 1. The van der Waals surface area contributed by atoms with Crippen LogP contribution in [-0.2, 0) is 4.74 Å². The number of ether oxygens (including phenoxy) is 1. The molecular weight excluding hydrogens is 146 g/mol. The maximum Gasteiger partial charge on any atom is 0.220 e. The first-order valence-electron chi connectivity index (χ1n) is 3.13. The highest BCUT2D eigenvalue weighted by Crippen LogP contribution is 2.07. The molecule has 0 bridgehead atoms. The van der Waals surface area contributed by atoms with Crippen LogP contribution in [-0.4, -0.2) is 23.9 Å². The van der Waals surface area contributed by atoms with Gasteiger partial charge in [-0.05, 0) is 6.42 Å². The van der Waals surface area contributed by atoms with Gasteiger partial charge in [0.1, 0.15) is 6.61 Å². The minimum Gasteiger partial charge on any atom is -0.475 e. The predicted octanol–water partition coefficient (Wildman–Crippen LogP) is 1.36. The van der Waals surface area contributed by atoms with E-state index in [1.54, 1.807) is 0 Å². The largest absolute Gasteiger partial charge is 0.475 e. The zero-order chi connectivity index (χ0) is 7.40. The van der Waals surface area contributed by atoms with Crippen LogP contribution in [0.25, 0.3) is 0 Å². The van der Waals surface area contributed by atoms with Crippen LogP contribution in [0.15, 0.2) is 17.6 Å². The van der Waals surface area contributed by atoms with Crippen molar-refractivity contribution in [3.8, 4) is 0 Å². The lowest BCUT2D eigenvalue weighted by atomic mass is 10.2. The molecule has 3 heteroatoms. The summed E-state index contributed by atoms with van der Waals surface area (Å²) >= 11 is 4.64. The molecule has 1 aliphatic heterocycles. The van der Waals surface area contributed by atoms with E-state index in [0.717, 1.165) is 6.42 Å². The average molecular weight is 155 g/mol. The molecule has 0 spiro atoms. The second kappa shape index (κ2) is 3.46. The lowest BCUT2D eigenvalue weighted by Gasteiger charge is -1.96. The highest BCUT2D eigenvalue weighted by molar-refractivity contribution is 7.80. The van der Waals surface area contributed by atoms with Gasteiger partial charge in [-0.15, -0.1) is 6.58 Å². The molecule has 0 radical (unpaired) electrons. The quantitative estimate of drug-likeness (QED) is 0.453. The van der Waals surface area contributed by atoms with Gasteiger partial charge in [0.15, 0.2) is 0 Å². The van der Waals surface area contributed by atoms with Crippen LogP contribution in [0, 0.1) is 0 Å². The van der Waals surface area contributed by atoms with Crippen LogP contribution < -0.4 is 0 Å². The summed E-state index contributed by atoms with van der Waals surface area (Å²) in [6.07, 6.45) is 2.70. The van der Waals surface area contributed by atoms with Crippen LogP contribution in [0.1, 0.15) is 6.42 Å². The molecule has 1 aliphatic rings. The van der Waals surface area contributed by atoms with E-state index in [1.807, 2.05) is 6.08 Å². The summed E-state index contributed by atoms with van der Waals surface area (Å²) < 4.78 is 5.11. The molecule has 0 aromatic carbocycles. The van der Waals surface area contributed by atoms with Crippen molar-refractivity contribution in [3.05, 3.63) is 12.7 Å². The van der Waals surface area contributed by atoms with Crippen molar-refractivity contribution in [1.82, 2.24) is 0 Å². The molecule has 0 aliphatic carbocycles. The molecule has 2 nitrogen and oxygen atoms in total. The molecular formula is C7H9NOS. The Morgan fingerprint density at radius 1 is 1.90 bits per heavy atom. The third-order valence-electron chi connectivity index (χ3n) is 1.27. The van der Waals surface area contributed by atoms with Crippen LogP contribution in [0.4, 0.5) is 0 Å². The zero-order valence-corrected chi connectivity index (χ0v) is 6.43. The third-order valence-corrected chi connectivity index (χ3v) is 1.47. The van der Waals surface area contributed by atoms with Crippen LogP contribution in [0.2, 0.25) is 0 Å². The molecule has 0 aromatic heterocycles. The van der Waals surface area contributed by atoms with Crippen LogP contribution in [0.5, 0.6) is 0 Å². The maximum absolute atomic E-state index is 5.11. The van der Waals surface area contributed by atoms with Crippen molar-refractivity contribution in [2.24, 2.45) is 4.99 Å². The van der Waals surface area contributed by atoms with Gasteiger partial charge >= 0.3 is 0 Å². The summed E-state index contributed by atoms with van der Waals surface area (Å²) in [6, 6.07) is 0.242. The molecule has 0 saturated heterocycles. The van der Waals surface area contributed by atoms with E-state index in [1.165, 1.54) is 5.37 Å². The molecule has 1 unspecified atom stereocenters. The second-order valence-electron chi connectivity index (χ2n) is 2.07. The second-order valence-corrected chi connectivity index (χ2v) is 2.31. The standard InChI is InChI=1S/C7H9NOS/c1-2-3-6-4-9-7(5-10)8-6/h2,5-6H,1,3-4H2. The molecule has 1 atom stereocenters.